The monoisotopic (exact) mass is 392 g/mol. The van der Waals surface area contributed by atoms with Gasteiger partial charge in [-0.3, -0.25) is 0 Å². The number of carbonyl (C=O) groups is 1. The van der Waals surface area contributed by atoms with Gasteiger partial charge in [0.1, 0.15) is 17.7 Å². The van der Waals surface area contributed by atoms with Crippen molar-refractivity contribution in [1.29, 1.82) is 0 Å². The van der Waals surface area contributed by atoms with Gasteiger partial charge in [-0.05, 0) is 45.4 Å². The van der Waals surface area contributed by atoms with E-state index in [0.29, 0.717) is 6.54 Å². The third-order valence-corrected chi connectivity index (χ3v) is 4.28. The van der Waals surface area contributed by atoms with Crippen LogP contribution in [0.5, 0.6) is 0 Å². The number of halogens is 1. The molecule has 1 aliphatic rings. The highest BCUT2D eigenvalue weighted by Gasteiger charge is 2.27. The van der Waals surface area contributed by atoms with Crippen LogP contribution in [0.3, 0.4) is 0 Å². The molecule has 0 spiro atoms. The Kier molecular flexibility index (Phi) is 4.62. The molecule has 1 unspecified atom stereocenters. The van der Waals surface area contributed by atoms with Crippen LogP contribution in [0.1, 0.15) is 27.2 Å². The van der Waals surface area contributed by atoms with Gasteiger partial charge in [-0.1, -0.05) is 15.9 Å². The summed E-state index contributed by atoms with van der Waals surface area (Å²) < 4.78 is 6.32. The summed E-state index contributed by atoms with van der Waals surface area (Å²) in [5.74, 6) is 0.898. The van der Waals surface area contributed by atoms with Gasteiger partial charge in [-0.25, -0.2) is 14.8 Å². The van der Waals surface area contributed by atoms with Crippen molar-refractivity contribution < 1.29 is 9.53 Å². The minimum absolute atomic E-state index is 0.0528. The Balaban J connectivity index is 1.72. The molecule has 1 aromatic carbocycles. The average molecular weight is 393 g/mol. The number of amides is 1. The first kappa shape index (κ1) is 17.0. The van der Waals surface area contributed by atoms with Gasteiger partial charge in [0.15, 0.2) is 0 Å². The molecule has 128 valence electrons. The average Bonchev–Trinajstić information content (AvgIpc) is 2.92. The molecule has 3 rings (SSSR count). The molecule has 1 atom stereocenters. The summed E-state index contributed by atoms with van der Waals surface area (Å²) in [5.41, 5.74) is 0.420. The second-order valence-corrected chi connectivity index (χ2v) is 7.85. The molecule has 24 heavy (non-hydrogen) atoms. The first-order valence-corrected chi connectivity index (χ1v) is 8.76. The summed E-state index contributed by atoms with van der Waals surface area (Å²) in [7, 11) is 0. The summed E-state index contributed by atoms with van der Waals surface area (Å²) in [6, 6.07) is 6.02. The normalized spacial score (nSPS) is 18.0. The van der Waals surface area contributed by atoms with Crippen molar-refractivity contribution in [3.05, 3.63) is 29.0 Å². The van der Waals surface area contributed by atoms with E-state index >= 15 is 0 Å². The maximum Gasteiger partial charge on any atom is 0.407 e. The summed E-state index contributed by atoms with van der Waals surface area (Å²) in [5, 5.41) is 3.94. The molecule has 0 radical (unpaired) electrons. The third kappa shape index (κ3) is 3.95. The Morgan fingerprint density at radius 3 is 2.92 bits per heavy atom. The fourth-order valence-corrected chi connectivity index (χ4v) is 3.17. The van der Waals surface area contributed by atoms with Crippen LogP contribution in [0.4, 0.5) is 10.6 Å². The summed E-state index contributed by atoms with van der Waals surface area (Å²) in [6.07, 6.45) is 2.07. The van der Waals surface area contributed by atoms with Gasteiger partial charge in [0.05, 0.1) is 11.6 Å². The minimum Gasteiger partial charge on any atom is -0.444 e. The molecule has 1 amide bonds. The van der Waals surface area contributed by atoms with E-state index in [4.69, 9.17) is 4.74 Å². The number of hydrogen-bond acceptors (Lipinski definition) is 5. The molecule has 0 saturated carbocycles. The molecule has 1 aliphatic heterocycles. The lowest BCUT2D eigenvalue weighted by molar-refractivity contribution is 0.0509. The summed E-state index contributed by atoms with van der Waals surface area (Å²) >= 11 is 3.50. The van der Waals surface area contributed by atoms with Crippen molar-refractivity contribution in [1.82, 2.24) is 15.3 Å². The van der Waals surface area contributed by atoms with Gasteiger partial charge < -0.3 is 15.0 Å². The Labute approximate surface area is 149 Å². The number of ether oxygens (including phenoxy) is 1. The first-order valence-electron chi connectivity index (χ1n) is 7.96. The highest BCUT2D eigenvalue weighted by molar-refractivity contribution is 9.10. The van der Waals surface area contributed by atoms with Gasteiger partial charge in [0, 0.05) is 22.9 Å². The van der Waals surface area contributed by atoms with Gasteiger partial charge in [-0.2, -0.15) is 0 Å². The first-order chi connectivity index (χ1) is 11.3. The van der Waals surface area contributed by atoms with Crippen LogP contribution in [-0.2, 0) is 4.74 Å². The molecule has 2 aromatic rings. The number of carbonyl (C=O) groups excluding carboxylic acids is 1. The van der Waals surface area contributed by atoms with Gasteiger partial charge in [-0.15, -0.1) is 0 Å². The summed E-state index contributed by atoms with van der Waals surface area (Å²) in [6.45, 7) is 7.12. The predicted octanol–water partition coefficient (Wildman–Crippen LogP) is 3.50. The number of anilines is 1. The van der Waals surface area contributed by atoms with E-state index in [0.717, 1.165) is 34.2 Å². The molecule has 1 saturated heterocycles. The van der Waals surface area contributed by atoms with Crippen molar-refractivity contribution in [2.45, 2.75) is 38.8 Å². The van der Waals surface area contributed by atoms with Gasteiger partial charge in [0.2, 0.25) is 0 Å². The largest absolute Gasteiger partial charge is 0.444 e. The van der Waals surface area contributed by atoms with E-state index in [-0.39, 0.29) is 12.1 Å². The fourth-order valence-electron chi connectivity index (χ4n) is 2.81. The van der Waals surface area contributed by atoms with Crippen molar-refractivity contribution in [2.75, 3.05) is 18.0 Å². The Bertz CT molecular complexity index is 760. The SMILES string of the molecule is CC(C)(C)OC(=O)NC1CCN(c2ncnc3ccc(Br)cc23)C1. The molecule has 0 aliphatic carbocycles. The van der Waals surface area contributed by atoms with Crippen LogP contribution in [0, 0.1) is 0 Å². The molecule has 1 fully saturated rings. The Morgan fingerprint density at radius 2 is 2.17 bits per heavy atom. The zero-order chi connectivity index (χ0) is 17.3. The molecule has 0 bridgehead atoms. The molecular formula is C17H21BrN4O2. The smallest absolute Gasteiger partial charge is 0.407 e. The number of benzene rings is 1. The lowest BCUT2D eigenvalue weighted by Gasteiger charge is -2.22. The van der Waals surface area contributed by atoms with Crippen molar-refractivity contribution in [3.8, 4) is 0 Å². The van der Waals surface area contributed by atoms with E-state index in [9.17, 15) is 4.79 Å². The minimum atomic E-state index is -0.489. The lowest BCUT2D eigenvalue weighted by atomic mass is 10.2. The molecule has 7 heteroatoms. The van der Waals surface area contributed by atoms with Crippen molar-refractivity contribution in [2.24, 2.45) is 0 Å². The quantitative estimate of drug-likeness (QED) is 0.846. The van der Waals surface area contributed by atoms with Crippen molar-refractivity contribution in [3.63, 3.8) is 0 Å². The van der Waals surface area contributed by atoms with E-state index in [1.165, 1.54) is 0 Å². The fraction of sp³-hybridized carbons (Fsp3) is 0.471. The topological polar surface area (TPSA) is 67.3 Å². The number of nitrogens with zero attached hydrogens (tertiary/aromatic N) is 3. The Hall–Kier alpha value is -1.89. The predicted molar refractivity (Wildman–Crippen MR) is 97.2 cm³/mol. The van der Waals surface area contributed by atoms with Crippen LogP contribution >= 0.6 is 15.9 Å². The van der Waals surface area contributed by atoms with E-state index < -0.39 is 5.60 Å². The molecule has 1 N–H and O–H groups in total. The second kappa shape index (κ2) is 6.55. The van der Waals surface area contributed by atoms with Crippen LogP contribution in [-0.4, -0.2) is 40.8 Å². The number of hydrogen-bond donors (Lipinski definition) is 1. The maximum atomic E-state index is 11.9. The molecular weight excluding hydrogens is 372 g/mol. The Morgan fingerprint density at radius 1 is 1.38 bits per heavy atom. The van der Waals surface area contributed by atoms with Crippen LogP contribution < -0.4 is 10.2 Å². The van der Waals surface area contributed by atoms with E-state index in [1.54, 1.807) is 6.33 Å². The van der Waals surface area contributed by atoms with Crippen LogP contribution in [0.25, 0.3) is 10.9 Å². The number of rotatable bonds is 2. The highest BCUT2D eigenvalue weighted by Crippen LogP contribution is 2.28. The third-order valence-electron chi connectivity index (χ3n) is 3.78. The lowest BCUT2D eigenvalue weighted by Crippen LogP contribution is -2.40. The van der Waals surface area contributed by atoms with Gasteiger partial charge >= 0.3 is 6.09 Å². The molecule has 6 nitrogen and oxygen atoms in total. The van der Waals surface area contributed by atoms with Crippen LogP contribution in [0.2, 0.25) is 0 Å². The zero-order valence-electron chi connectivity index (χ0n) is 14.0. The highest BCUT2D eigenvalue weighted by atomic mass is 79.9. The standard InChI is InChI=1S/C17H21BrN4O2/c1-17(2,3)24-16(23)21-12-6-7-22(9-12)15-13-8-11(18)4-5-14(13)19-10-20-15/h4-5,8,10,12H,6-7,9H2,1-3H3,(H,21,23). The second-order valence-electron chi connectivity index (χ2n) is 6.94. The van der Waals surface area contributed by atoms with Crippen LogP contribution in [0.15, 0.2) is 29.0 Å². The summed E-state index contributed by atoms with van der Waals surface area (Å²) in [4.78, 5) is 22.9. The molecule has 1 aromatic heterocycles. The number of nitrogens with one attached hydrogen (secondary N) is 1. The number of fused-ring (bicyclic) bond motifs is 1. The van der Waals surface area contributed by atoms with Crippen molar-refractivity contribution >= 4 is 38.7 Å². The van der Waals surface area contributed by atoms with E-state index in [2.05, 4.69) is 36.1 Å². The maximum absolute atomic E-state index is 11.9. The zero-order valence-corrected chi connectivity index (χ0v) is 15.6. The number of alkyl carbamates (subject to hydrolysis) is 1. The molecule has 2 heterocycles. The number of aromatic nitrogens is 2. The van der Waals surface area contributed by atoms with E-state index in [1.807, 2.05) is 39.0 Å². The van der Waals surface area contributed by atoms with Gasteiger partial charge in [0.25, 0.3) is 0 Å².